The van der Waals surface area contributed by atoms with Gasteiger partial charge in [0.25, 0.3) is 0 Å². The number of amides is 2. The predicted molar refractivity (Wildman–Crippen MR) is 77.1 cm³/mol. The maximum absolute atomic E-state index is 12.3. The van der Waals surface area contributed by atoms with Crippen molar-refractivity contribution in [1.82, 2.24) is 10.6 Å². The van der Waals surface area contributed by atoms with Crippen molar-refractivity contribution in [2.75, 3.05) is 6.54 Å². The fourth-order valence-electron chi connectivity index (χ4n) is 2.14. The summed E-state index contributed by atoms with van der Waals surface area (Å²) in [7, 11) is 0. The van der Waals surface area contributed by atoms with Gasteiger partial charge < -0.3 is 20.5 Å². The van der Waals surface area contributed by atoms with Gasteiger partial charge in [-0.05, 0) is 37.5 Å². The van der Waals surface area contributed by atoms with E-state index in [1.54, 1.807) is 0 Å². The zero-order valence-corrected chi connectivity index (χ0v) is 12.5. The minimum Gasteiger partial charge on any atom is -0.434 e. The summed E-state index contributed by atoms with van der Waals surface area (Å²) < 4.78 is 29.0. The number of benzene rings is 1. The van der Waals surface area contributed by atoms with Crippen molar-refractivity contribution in [3.63, 3.8) is 0 Å². The summed E-state index contributed by atoms with van der Waals surface area (Å²) >= 11 is 5.81. The molecule has 0 atom stereocenters. The van der Waals surface area contributed by atoms with E-state index in [0.717, 1.165) is 6.42 Å². The summed E-state index contributed by atoms with van der Waals surface area (Å²) in [6.45, 7) is -2.82. The van der Waals surface area contributed by atoms with E-state index in [1.165, 1.54) is 18.2 Å². The Morgan fingerprint density at radius 3 is 2.73 bits per heavy atom. The van der Waals surface area contributed by atoms with Crippen LogP contribution in [0.15, 0.2) is 18.2 Å². The number of hydrogen-bond donors (Lipinski definition) is 3. The standard InChI is InChI=1S/C14H17ClF2N2O3/c15-10-2-3-11(22-12(16)17)9(6-10)7-18-13(20)19-8-14(21)4-1-5-14/h2-3,6,12,21H,1,4-5,7-8H2,(H2,18,19,20). The number of alkyl halides is 2. The van der Waals surface area contributed by atoms with E-state index in [0.29, 0.717) is 23.4 Å². The van der Waals surface area contributed by atoms with Crippen molar-refractivity contribution < 1.29 is 23.4 Å². The van der Waals surface area contributed by atoms with Gasteiger partial charge in [-0.25, -0.2) is 4.79 Å². The first-order chi connectivity index (χ1) is 10.4. The van der Waals surface area contributed by atoms with Gasteiger partial charge in [0.1, 0.15) is 5.75 Å². The van der Waals surface area contributed by atoms with E-state index in [-0.39, 0.29) is 18.8 Å². The maximum Gasteiger partial charge on any atom is 0.387 e. The van der Waals surface area contributed by atoms with Crippen molar-refractivity contribution >= 4 is 17.6 Å². The Hall–Kier alpha value is -1.60. The van der Waals surface area contributed by atoms with Crippen LogP contribution in [0.1, 0.15) is 24.8 Å². The van der Waals surface area contributed by atoms with Crippen LogP contribution in [-0.2, 0) is 6.54 Å². The highest BCUT2D eigenvalue weighted by molar-refractivity contribution is 6.30. The Kier molecular flexibility index (Phi) is 5.42. The van der Waals surface area contributed by atoms with Crippen LogP contribution in [0, 0.1) is 0 Å². The average molecular weight is 335 g/mol. The van der Waals surface area contributed by atoms with E-state index < -0.39 is 18.2 Å². The highest BCUT2D eigenvalue weighted by atomic mass is 35.5. The molecule has 1 aromatic carbocycles. The monoisotopic (exact) mass is 334 g/mol. The van der Waals surface area contributed by atoms with E-state index in [2.05, 4.69) is 15.4 Å². The molecule has 122 valence electrons. The average Bonchev–Trinajstić information content (AvgIpc) is 2.42. The smallest absolute Gasteiger partial charge is 0.387 e. The highest BCUT2D eigenvalue weighted by Gasteiger charge is 2.34. The third-order valence-corrected chi connectivity index (χ3v) is 3.78. The lowest BCUT2D eigenvalue weighted by atomic mass is 9.80. The molecule has 5 nitrogen and oxygen atoms in total. The molecule has 0 radical (unpaired) electrons. The third-order valence-electron chi connectivity index (χ3n) is 3.54. The summed E-state index contributed by atoms with van der Waals surface area (Å²) in [6.07, 6.45) is 2.26. The second kappa shape index (κ2) is 7.11. The molecule has 0 saturated heterocycles. The largest absolute Gasteiger partial charge is 0.434 e. The molecule has 1 aromatic rings. The number of urea groups is 1. The molecule has 1 fully saturated rings. The number of nitrogens with one attached hydrogen (secondary N) is 2. The molecule has 3 N–H and O–H groups in total. The van der Waals surface area contributed by atoms with E-state index in [1.807, 2.05) is 0 Å². The first-order valence-corrected chi connectivity index (χ1v) is 7.23. The van der Waals surface area contributed by atoms with Gasteiger partial charge in [-0.1, -0.05) is 11.6 Å². The third kappa shape index (κ3) is 4.71. The molecule has 22 heavy (non-hydrogen) atoms. The summed E-state index contributed by atoms with van der Waals surface area (Å²) in [5.41, 5.74) is -0.484. The molecule has 0 aromatic heterocycles. The molecule has 2 amide bonds. The van der Waals surface area contributed by atoms with Gasteiger partial charge in [-0.3, -0.25) is 0 Å². The second-order valence-electron chi connectivity index (χ2n) is 5.24. The van der Waals surface area contributed by atoms with Crippen molar-refractivity contribution in [2.24, 2.45) is 0 Å². The quantitative estimate of drug-likeness (QED) is 0.749. The molecular weight excluding hydrogens is 318 g/mol. The van der Waals surface area contributed by atoms with E-state index in [9.17, 15) is 18.7 Å². The lowest BCUT2D eigenvalue weighted by Gasteiger charge is -2.36. The lowest BCUT2D eigenvalue weighted by Crippen LogP contribution is -2.49. The number of ether oxygens (including phenoxy) is 1. The summed E-state index contributed by atoms with van der Waals surface area (Å²) in [4.78, 5) is 11.7. The van der Waals surface area contributed by atoms with Crippen LogP contribution in [0.3, 0.4) is 0 Å². The summed E-state index contributed by atoms with van der Waals surface area (Å²) in [5, 5.41) is 15.3. The molecule has 0 spiro atoms. The number of aliphatic hydroxyl groups is 1. The molecule has 1 aliphatic carbocycles. The Bertz CT molecular complexity index is 539. The zero-order chi connectivity index (χ0) is 16.2. The molecule has 0 bridgehead atoms. The van der Waals surface area contributed by atoms with Gasteiger partial charge >= 0.3 is 12.6 Å². The highest BCUT2D eigenvalue weighted by Crippen LogP contribution is 2.30. The van der Waals surface area contributed by atoms with Crippen LogP contribution < -0.4 is 15.4 Å². The fourth-order valence-corrected chi connectivity index (χ4v) is 2.34. The maximum atomic E-state index is 12.3. The molecule has 1 aliphatic rings. The van der Waals surface area contributed by atoms with Gasteiger partial charge in [0.2, 0.25) is 0 Å². The fraction of sp³-hybridized carbons (Fsp3) is 0.500. The number of halogens is 3. The zero-order valence-electron chi connectivity index (χ0n) is 11.7. The first-order valence-electron chi connectivity index (χ1n) is 6.85. The van der Waals surface area contributed by atoms with Crippen LogP contribution in [-0.4, -0.2) is 29.9 Å². The normalized spacial score (nSPS) is 16.0. The van der Waals surface area contributed by atoms with Gasteiger partial charge in [-0.2, -0.15) is 8.78 Å². The number of rotatable bonds is 6. The molecule has 8 heteroatoms. The van der Waals surface area contributed by atoms with Crippen LogP contribution in [0.5, 0.6) is 5.75 Å². The molecule has 0 aliphatic heterocycles. The Morgan fingerprint density at radius 1 is 1.41 bits per heavy atom. The van der Waals surface area contributed by atoms with Crippen LogP contribution in [0.25, 0.3) is 0 Å². The van der Waals surface area contributed by atoms with Gasteiger partial charge in [-0.15, -0.1) is 0 Å². The lowest BCUT2D eigenvalue weighted by molar-refractivity contribution is -0.0504. The Labute approximate surface area is 131 Å². The minimum atomic E-state index is -2.96. The van der Waals surface area contributed by atoms with Crippen LogP contribution >= 0.6 is 11.6 Å². The predicted octanol–water partition coefficient (Wildman–Crippen LogP) is 2.66. The van der Waals surface area contributed by atoms with Crippen molar-refractivity contribution in [1.29, 1.82) is 0 Å². The molecule has 0 heterocycles. The molecule has 1 saturated carbocycles. The van der Waals surface area contributed by atoms with Gasteiger partial charge in [0.15, 0.2) is 0 Å². The van der Waals surface area contributed by atoms with Crippen LogP contribution in [0.4, 0.5) is 13.6 Å². The molecule has 0 unspecified atom stereocenters. The van der Waals surface area contributed by atoms with Gasteiger partial charge in [0.05, 0.1) is 5.60 Å². The van der Waals surface area contributed by atoms with E-state index in [4.69, 9.17) is 11.6 Å². The number of carbonyl (C=O) groups is 1. The summed E-state index contributed by atoms with van der Waals surface area (Å²) in [6, 6.07) is 3.69. The van der Waals surface area contributed by atoms with E-state index >= 15 is 0 Å². The SMILES string of the molecule is O=C(NCc1cc(Cl)ccc1OC(F)F)NCC1(O)CCC1. The van der Waals surface area contributed by atoms with Crippen molar-refractivity contribution in [3.05, 3.63) is 28.8 Å². The molecular formula is C14H17ClF2N2O3. The number of hydrogen-bond acceptors (Lipinski definition) is 3. The minimum absolute atomic E-state index is 0.0210. The van der Waals surface area contributed by atoms with Crippen molar-refractivity contribution in [3.8, 4) is 5.75 Å². The topological polar surface area (TPSA) is 70.6 Å². The second-order valence-corrected chi connectivity index (χ2v) is 5.68. The number of carbonyl (C=O) groups excluding carboxylic acids is 1. The first kappa shape index (κ1) is 16.8. The molecule has 2 rings (SSSR count). The van der Waals surface area contributed by atoms with Gasteiger partial charge in [0, 0.05) is 23.7 Å². The summed E-state index contributed by atoms with van der Waals surface area (Å²) in [5.74, 6) is -0.0441. The van der Waals surface area contributed by atoms with Crippen LogP contribution in [0.2, 0.25) is 5.02 Å². The van der Waals surface area contributed by atoms with Crippen molar-refractivity contribution in [2.45, 2.75) is 38.0 Å². The Morgan fingerprint density at radius 2 is 2.14 bits per heavy atom. The Balaban J connectivity index is 1.87.